The number of benzene rings is 2. The van der Waals surface area contributed by atoms with Gasteiger partial charge < -0.3 is 0 Å². The lowest BCUT2D eigenvalue weighted by Gasteiger charge is -2.41. The van der Waals surface area contributed by atoms with E-state index < -0.39 is 9.84 Å². The monoisotopic (exact) mass is 357 g/mol. The van der Waals surface area contributed by atoms with Crippen LogP contribution in [0.3, 0.4) is 0 Å². The molecule has 0 unspecified atom stereocenters. The Hall–Kier alpha value is -1.65. The minimum Gasteiger partial charge on any atom is -0.286 e. The van der Waals surface area contributed by atoms with E-state index >= 15 is 0 Å². The molecular formula is C21H27NO2S. The molecule has 3 rings (SSSR count). The molecule has 1 aliphatic heterocycles. The average Bonchev–Trinajstić information content (AvgIpc) is 2.99. The van der Waals surface area contributed by atoms with Gasteiger partial charge in [0, 0.05) is 12.1 Å². The topological polar surface area (TPSA) is 37.4 Å². The lowest BCUT2D eigenvalue weighted by molar-refractivity contribution is 0.114. The molecule has 25 heavy (non-hydrogen) atoms. The Morgan fingerprint density at radius 3 is 1.92 bits per heavy atom. The summed E-state index contributed by atoms with van der Waals surface area (Å²) < 4.78 is 24.3. The molecule has 3 nitrogen and oxygen atoms in total. The number of hydrogen-bond donors (Lipinski definition) is 0. The Bertz CT molecular complexity index is 735. The summed E-state index contributed by atoms with van der Waals surface area (Å²) in [6.45, 7) is 4.39. The van der Waals surface area contributed by atoms with Crippen molar-refractivity contribution in [1.82, 2.24) is 4.90 Å². The highest BCUT2D eigenvalue weighted by Gasteiger charge is 2.38. The van der Waals surface area contributed by atoms with Gasteiger partial charge in [0.05, 0.1) is 17.5 Å². The van der Waals surface area contributed by atoms with Gasteiger partial charge in [0.2, 0.25) is 0 Å². The van der Waals surface area contributed by atoms with Crippen molar-refractivity contribution in [1.29, 1.82) is 0 Å². The summed E-state index contributed by atoms with van der Waals surface area (Å²) in [6, 6.07) is 21.4. The Kier molecular flexibility index (Phi) is 5.60. The molecule has 1 fully saturated rings. The van der Waals surface area contributed by atoms with Crippen LogP contribution in [0.25, 0.3) is 0 Å². The quantitative estimate of drug-likeness (QED) is 0.782. The molecule has 2 atom stereocenters. The highest BCUT2D eigenvalue weighted by molar-refractivity contribution is 7.91. The van der Waals surface area contributed by atoms with Crippen LogP contribution in [0.15, 0.2) is 60.7 Å². The minimum absolute atomic E-state index is 0.0744. The van der Waals surface area contributed by atoms with Crippen molar-refractivity contribution in [2.75, 3.05) is 11.5 Å². The highest BCUT2D eigenvalue weighted by Crippen LogP contribution is 2.35. The van der Waals surface area contributed by atoms with Crippen molar-refractivity contribution in [2.24, 2.45) is 0 Å². The summed E-state index contributed by atoms with van der Waals surface area (Å²) in [5.41, 5.74) is 2.44. The van der Waals surface area contributed by atoms with Crippen molar-refractivity contribution >= 4 is 9.84 Å². The molecule has 134 valence electrons. The Balaban J connectivity index is 2.07. The predicted molar refractivity (Wildman–Crippen MR) is 103 cm³/mol. The molecule has 0 aromatic heterocycles. The Morgan fingerprint density at radius 2 is 1.52 bits per heavy atom. The standard InChI is InChI=1S/C21H27NO2S/c1-3-17(2)22(20-14-15-25(23,24)16-20)21(18-10-6-4-7-11-18)19-12-8-5-9-13-19/h4-13,17,20-21H,3,14-16H2,1-2H3/t17-,20-/m1/s1. The summed E-state index contributed by atoms with van der Waals surface area (Å²) >= 11 is 0. The van der Waals surface area contributed by atoms with Gasteiger partial charge >= 0.3 is 0 Å². The third-order valence-corrected chi connectivity index (χ3v) is 7.01. The van der Waals surface area contributed by atoms with Gasteiger partial charge in [0.25, 0.3) is 0 Å². The SMILES string of the molecule is CC[C@@H](C)N(C(c1ccccc1)c1ccccc1)[C@@H]1CCS(=O)(=O)C1. The first-order chi connectivity index (χ1) is 12.0. The van der Waals surface area contributed by atoms with Crippen molar-refractivity contribution in [3.8, 4) is 0 Å². The molecular weight excluding hydrogens is 330 g/mol. The van der Waals surface area contributed by atoms with E-state index in [0.29, 0.717) is 11.8 Å². The fourth-order valence-electron chi connectivity index (χ4n) is 3.85. The molecule has 0 radical (unpaired) electrons. The molecule has 2 aromatic rings. The number of nitrogens with zero attached hydrogens (tertiary/aromatic N) is 1. The first-order valence-corrected chi connectivity index (χ1v) is 10.9. The zero-order chi connectivity index (χ0) is 17.9. The zero-order valence-electron chi connectivity index (χ0n) is 15.0. The minimum atomic E-state index is -2.92. The van der Waals surface area contributed by atoms with Crippen LogP contribution in [0.5, 0.6) is 0 Å². The smallest absolute Gasteiger partial charge is 0.151 e. The number of hydrogen-bond acceptors (Lipinski definition) is 3. The summed E-state index contributed by atoms with van der Waals surface area (Å²) in [5.74, 6) is 0.578. The van der Waals surface area contributed by atoms with Gasteiger partial charge in [-0.3, -0.25) is 4.90 Å². The predicted octanol–water partition coefficient (Wildman–Crippen LogP) is 4.06. The van der Waals surface area contributed by atoms with Gasteiger partial charge in [-0.2, -0.15) is 0 Å². The number of rotatable bonds is 6. The van der Waals surface area contributed by atoms with Crippen LogP contribution in [0.4, 0.5) is 0 Å². The van der Waals surface area contributed by atoms with E-state index in [4.69, 9.17) is 0 Å². The molecule has 0 spiro atoms. The van der Waals surface area contributed by atoms with Crippen molar-refractivity contribution in [3.05, 3.63) is 71.8 Å². The lowest BCUT2D eigenvalue weighted by Crippen LogP contribution is -2.45. The Morgan fingerprint density at radius 1 is 1.00 bits per heavy atom. The molecule has 0 amide bonds. The van der Waals surface area contributed by atoms with Crippen LogP contribution in [0, 0.1) is 0 Å². The molecule has 1 heterocycles. The second-order valence-electron chi connectivity index (χ2n) is 6.99. The second-order valence-corrected chi connectivity index (χ2v) is 9.21. The largest absolute Gasteiger partial charge is 0.286 e. The molecule has 0 bridgehead atoms. The molecule has 0 saturated carbocycles. The maximum atomic E-state index is 12.1. The molecule has 2 aromatic carbocycles. The maximum Gasteiger partial charge on any atom is 0.151 e. The molecule has 0 aliphatic carbocycles. The van der Waals surface area contributed by atoms with E-state index in [9.17, 15) is 8.42 Å². The first kappa shape index (κ1) is 18.2. The molecule has 1 aliphatic rings. The average molecular weight is 358 g/mol. The van der Waals surface area contributed by atoms with Gasteiger partial charge in [0.1, 0.15) is 0 Å². The van der Waals surface area contributed by atoms with Gasteiger partial charge in [-0.15, -0.1) is 0 Å². The first-order valence-electron chi connectivity index (χ1n) is 9.09. The Labute approximate surface area is 151 Å². The molecule has 4 heteroatoms. The van der Waals surface area contributed by atoms with Crippen molar-refractivity contribution < 1.29 is 8.42 Å². The fraction of sp³-hybridized carbons (Fsp3) is 0.429. The van der Waals surface area contributed by atoms with Crippen LogP contribution >= 0.6 is 0 Å². The van der Waals surface area contributed by atoms with Gasteiger partial charge in [0.15, 0.2) is 9.84 Å². The normalized spacial score (nSPS) is 20.9. The van der Waals surface area contributed by atoms with Crippen LogP contribution in [0.1, 0.15) is 43.9 Å². The maximum absolute atomic E-state index is 12.1. The molecule has 1 saturated heterocycles. The van der Waals surface area contributed by atoms with Crippen LogP contribution in [0.2, 0.25) is 0 Å². The third kappa shape index (κ3) is 4.13. The summed E-state index contributed by atoms with van der Waals surface area (Å²) in [4.78, 5) is 2.44. The summed E-state index contributed by atoms with van der Waals surface area (Å²) in [7, 11) is -2.92. The van der Waals surface area contributed by atoms with Crippen LogP contribution in [-0.4, -0.2) is 36.9 Å². The van der Waals surface area contributed by atoms with Crippen molar-refractivity contribution in [2.45, 2.75) is 44.8 Å². The zero-order valence-corrected chi connectivity index (χ0v) is 15.8. The summed E-state index contributed by atoms with van der Waals surface area (Å²) in [5, 5.41) is 0. The fourth-order valence-corrected chi connectivity index (χ4v) is 5.58. The highest BCUT2D eigenvalue weighted by atomic mass is 32.2. The van der Waals surface area contributed by atoms with E-state index in [2.05, 4.69) is 67.3 Å². The number of sulfone groups is 1. The summed E-state index contributed by atoms with van der Waals surface area (Å²) in [6.07, 6.45) is 1.72. The third-order valence-electron chi connectivity index (χ3n) is 5.26. The van der Waals surface area contributed by atoms with E-state index in [1.165, 1.54) is 11.1 Å². The lowest BCUT2D eigenvalue weighted by atomic mass is 9.93. The molecule has 0 N–H and O–H groups in total. The van der Waals surface area contributed by atoms with Crippen LogP contribution in [-0.2, 0) is 9.84 Å². The second kappa shape index (κ2) is 7.71. The van der Waals surface area contributed by atoms with Gasteiger partial charge in [-0.25, -0.2) is 8.42 Å². The van der Waals surface area contributed by atoms with Gasteiger partial charge in [-0.05, 0) is 30.9 Å². The van der Waals surface area contributed by atoms with E-state index in [0.717, 1.165) is 12.8 Å². The van der Waals surface area contributed by atoms with E-state index in [-0.39, 0.29) is 17.8 Å². The van der Waals surface area contributed by atoms with Crippen molar-refractivity contribution in [3.63, 3.8) is 0 Å². The van der Waals surface area contributed by atoms with Gasteiger partial charge in [-0.1, -0.05) is 67.6 Å². The van der Waals surface area contributed by atoms with E-state index in [1.54, 1.807) is 0 Å². The van der Waals surface area contributed by atoms with Crippen LogP contribution < -0.4 is 0 Å². The van der Waals surface area contributed by atoms with E-state index in [1.807, 2.05) is 12.1 Å².